The Balaban J connectivity index is 1.70. The third-order valence-corrected chi connectivity index (χ3v) is 5.35. The normalized spacial score (nSPS) is 15.8. The molecule has 1 aliphatic heterocycles. The number of piperazine rings is 1. The van der Waals surface area contributed by atoms with Crippen LogP contribution in [0.4, 0.5) is 0 Å². The lowest BCUT2D eigenvalue weighted by Crippen LogP contribution is -2.47. The summed E-state index contributed by atoms with van der Waals surface area (Å²) in [5.74, 6) is 0. The fourth-order valence-corrected chi connectivity index (χ4v) is 3.47. The van der Waals surface area contributed by atoms with Crippen LogP contribution >= 0.6 is 12.2 Å². The molecule has 0 atom stereocenters. The first-order chi connectivity index (χ1) is 11.6. The van der Waals surface area contributed by atoms with Crippen LogP contribution in [0.15, 0.2) is 29.1 Å². The summed E-state index contributed by atoms with van der Waals surface area (Å²) in [6.45, 7) is 9.13. The Morgan fingerprint density at radius 2 is 1.92 bits per heavy atom. The molecular formula is C19H25N3OS. The zero-order valence-corrected chi connectivity index (χ0v) is 15.3. The lowest BCUT2D eigenvalue weighted by molar-refractivity contribution is 0.176. The lowest BCUT2D eigenvalue weighted by Gasteiger charge is -2.36. The number of rotatable bonds is 4. The Morgan fingerprint density at radius 1 is 1.17 bits per heavy atom. The van der Waals surface area contributed by atoms with Gasteiger partial charge in [0.05, 0.1) is 4.99 Å². The highest BCUT2D eigenvalue weighted by Gasteiger charge is 2.18. The van der Waals surface area contributed by atoms with Crippen molar-refractivity contribution in [2.45, 2.75) is 33.2 Å². The molecule has 1 aromatic heterocycles. The van der Waals surface area contributed by atoms with Crippen LogP contribution in [-0.2, 0) is 13.0 Å². The number of hydrogen-bond donors (Lipinski definition) is 1. The van der Waals surface area contributed by atoms with E-state index in [1.807, 2.05) is 13.0 Å². The predicted octanol–water partition coefficient (Wildman–Crippen LogP) is 2.95. The smallest absolute Gasteiger partial charge is 0.251 e. The van der Waals surface area contributed by atoms with Gasteiger partial charge in [0.1, 0.15) is 0 Å². The van der Waals surface area contributed by atoms with Gasteiger partial charge in [-0.1, -0.05) is 38.2 Å². The number of nitrogens with one attached hydrogen (secondary N) is 1. The van der Waals surface area contributed by atoms with E-state index in [2.05, 4.69) is 39.9 Å². The first kappa shape index (κ1) is 17.1. The summed E-state index contributed by atoms with van der Waals surface area (Å²) >= 11 is 5.40. The summed E-state index contributed by atoms with van der Waals surface area (Å²) in [5.41, 5.74) is 3.05. The van der Waals surface area contributed by atoms with Gasteiger partial charge in [-0.2, -0.15) is 0 Å². The van der Waals surface area contributed by atoms with E-state index in [4.69, 9.17) is 12.2 Å². The Kier molecular flexibility index (Phi) is 5.31. The zero-order valence-electron chi connectivity index (χ0n) is 14.5. The quantitative estimate of drug-likeness (QED) is 0.867. The number of thiocarbonyl (C=S) groups is 1. The Morgan fingerprint density at radius 3 is 2.58 bits per heavy atom. The van der Waals surface area contributed by atoms with Crippen LogP contribution < -0.4 is 5.56 Å². The van der Waals surface area contributed by atoms with E-state index in [9.17, 15) is 4.79 Å². The summed E-state index contributed by atoms with van der Waals surface area (Å²) in [6, 6.07) is 8.40. The molecular weight excluding hydrogens is 318 g/mol. The number of benzene rings is 1. The topological polar surface area (TPSA) is 39.3 Å². The minimum Gasteiger partial charge on any atom is -0.364 e. The molecule has 0 radical (unpaired) electrons. The van der Waals surface area contributed by atoms with Crippen molar-refractivity contribution in [3.8, 4) is 0 Å². The Hall–Kier alpha value is -1.72. The van der Waals surface area contributed by atoms with Crippen LogP contribution in [0.1, 0.15) is 31.4 Å². The van der Waals surface area contributed by atoms with E-state index in [1.165, 1.54) is 5.56 Å². The van der Waals surface area contributed by atoms with Gasteiger partial charge >= 0.3 is 0 Å². The van der Waals surface area contributed by atoms with Crippen LogP contribution in [0.25, 0.3) is 10.9 Å². The third-order valence-electron chi connectivity index (χ3n) is 4.80. The highest BCUT2D eigenvalue weighted by atomic mass is 32.1. The third kappa shape index (κ3) is 3.68. The van der Waals surface area contributed by atoms with Gasteiger partial charge in [0.2, 0.25) is 0 Å². The van der Waals surface area contributed by atoms with Crippen molar-refractivity contribution in [2.24, 2.45) is 0 Å². The van der Waals surface area contributed by atoms with Crippen LogP contribution in [0, 0.1) is 0 Å². The highest BCUT2D eigenvalue weighted by molar-refractivity contribution is 7.80. The van der Waals surface area contributed by atoms with Crippen molar-refractivity contribution < 1.29 is 0 Å². The number of hydrogen-bond acceptors (Lipinski definition) is 3. The summed E-state index contributed by atoms with van der Waals surface area (Å²) in [4.78, 5) is 20.9. The van der Waals surface area contributed by atoms with Gasteiger partial charge in [-0.05, 0) is 35.9 Å². The summed E-state index contributed by atoms with van der Waals surface area (Å²) in [6.07, 6.45) is 1.71. The molecule has 2 aromatic rings. The highest BCUT2D eigenvalue weighted by Crippen LogP contribution is 2.16. The summed E-state index contributed by atoms with van der Waals surface area (Å²) < 4.78 is 0. The van der Waals surface area contributed by atoms with Gasteiger partial charge in [0, 0.05) is 43.8 Å². The van der Waals surface area contributed by atoms with Crippen molar-refractivity contribution >= 4 is 28.1 Å². The van der Waals surface area contributed by atoms with Gasteiger partial charge in [0.15, 0.2) is 0 Å². The van der Waals surface area contributed by atoms with E-state index in [-0.39, 0.29) is 5.56 Å². The molecule has 1 fully saturated rings. The second-order valence-electron chi connectivity index (χ2n) is 6.41. The number of fused-ring (bicyclic) bond motifs is 1. The van der Waals surface area contributed by atoms with E-state index in [0.29, 0.717) is 0 Å². The predicted molar refractivity (Wildman–Crippen MR) is 104 cm³/mol. The van der Waals surface area contributed by atoms with Crippen molar-refractivity contribution in [2.75, 3.05) is 26.2 Å². The molecule has 0 aliphatic carbocycles. The molecule has 0 saturated carbocycles. The second-order valence-corrected chi connectivity index (χ2v) is 6.88. The number of aryl methyl sites for hydroxylation is 1. The van der Waals surface area contributed by atoms with Crippen LogP contribution in [-0.4, -0.2) is 46.0 Å². The van der Waals surface area contributed by atoms with Gasteiger partial charge < -0.3 is 9.88 Å². The zero-order chi connectivity index (χ0) is 17.1. The monoisotopic (exact) mass is 343 g/mol. The molecule has 3 rings (SSSR count). The van der Waals surface area contributed by atoms with Crippen LogP contribution in [0.3, 0.4) is 0 Å². The fraction of sp³-hybridized carbons (Fsp3) is 0.474. The van der Waals surface area contributed by atoms with Crippen molar-refractivity contribution in [1.82, 2.24) is 14.8 Å². The maximum absolute atomic E-state index is 12.0. The van der Waals surface area contributed by atoms with Gasteiger partial charge in [-0.3, -0.25) is 9.69 Å². The maximum Gasteiger partial charge on any atom is 0.251 e. The molecule has 1 aromatic carbocycles. The molecule has 0 bridgehead atoms. The van der Waals surface area contributed by atoms with Crippen molar-refractivity contribution in [3.63, 3.8) is 0 Å². The average Bonchev–Trinajstić information content (AvgIpc) is 2.61. The summed E-state index contributed by atoms with van der Waals surface area (Å²) in [5, 5.41) is 1.10. The standard InChI is InChI=1S/C19H25N3OS/c1-3-15-12-16-6-5-14(11-17(16)20-19(15)23)13-21-7-9-22(10-8-21)18(24)4-2/h5-6,11-12H,3-4,7-10,13H2,1-2H3,(H,20,23). The first-order valence-electron chi connectivity index (χ1n) is 8.75. The van der Waals surface area contributed by atoms with Crippen LogP contribution in [0.5, 0.6) is 0 Å². The van der Waals surface area contributed by atoms with E-state index in [0.717, 1.165) is 67.0 Å². The molecule has 1 N–H and O–H groups in total. The second kappa shape index (κ2) is 7.45. The van der Waals surface area contributed by atoms with Crippen LogP contribution in [0.2, 0.25) is 0 Å². The summed E-state index contributed by atoms with van der Waals surface area (Å²) in [7, 11) is 0. The van der Waals surface area contributed by atoms with E-state index in [1.54, 1.807) is 0 Å². The maximum atomic E-state index is 12.0. The lowest BCUT2D eigenvalue weighted by atomic mass is 10.1. The number of aromatic amines is 1. The number of pyridine rings is 1. The molecule has 128 valence electrons. The molecule has 4 nitrogen and oxygen atoms in total. The minimum absolute atomic E-state index is 0.0313. The van der Waals surface area contributed by atoms with E-state index >= 15 is 0 Å². The fourth-order valence-electron chi connectivity index (χ4n) is 3.29. The number of H-pyrrole nitrogens is 1. The molecule has 0 spiro atoms. The molecule has 5 heteroatoms. The van der Waals surface area contributed by atoms with Crippen molar-refractivity contribution in [3.05, 3.63) is 45.7 Å². The SMILES string of the molecule is CCC(=S)N1CCN(Cc2ccc3cc(CC)c(=O)[nH]c3c2)CC1. The minimum atomic E-state index is 0.0313. The number of nitrogens with zero attached hydrogens (tertiary/aromatic N) is 2. The molecule has 1 saturated heterocycles. The Labute approximate surface area is 148 Å². The largest absolute Gasteiger partial charge is 0.364 e. The first-order valence-corrected chi connectivity index (χ1v) is 9.16. The van der Waals surface area contributed by atoms with Crippen molar-refractivity contribution in [1.29, 1.82) is 0 Å². The van der Waals surface area contributed by atoms with E-state index < -0.39 is 0 Å². The molecule has 1 aliphatic rings. The molecule has 0 amide bonds. The van der Waals surface area contributed by atoms with Gasteiger partial charge in [-0.25, -0.2) is 0 Å². The molecule has 2 heterocycles. The Bertz CT molecular complexity index is 791. The average molecular weight is 343 g/mol. The van der Waals surface area contributed by atoms with Gasteiger partial charge in [0.25, 0.3) is 5.56 Å². The number of aromatic nitrogens is 1. The van der Waals surface area contributed by atoms with Gasteiger partial charge in [-0.15, -0.1) is 0 Å². The molecule has 0 unspecified atom stereocenters. The molecule has 24 heavy (non-hydrogen) atoms.